The quantitative estimate of drug-likeness (QED) is 0.734. The fourth-order valence-corrected chi connectivity index (χ4v) is 3.05. The van der Waals surface area contributed by atoms with Gasteiger partial charge >= 0.3 is 0 Å². The van der Waals surface area contributed by atoms with Gasteiger partial charge < -0.3 is 15.4 Å². The van der Waals surface area contributed by atoms with Gasteiger partial charge in [-0.15, -0.1) is 0 Å². The van der Waals surface area contributed by atoms with Crippen molar-refractivity contribution in [2.24, 2.45) is 0 Å². The van der Waals surface area contributed by atoms with Crippen molar-refractivity contribution in [3.05, 3.63) is 72.3 Å². The van der Waals surface area contributed by atoms with Crippen LogP contribution in [0.25, 0.3) is 16.8 Å². The number of hydrogen-bond donors (Lipinski definition) is 2. The van der Waals surface area contributed by atoms with E-state index in [0.29, 0.717) is 0 Å². The first-order valence-electron chi connectivity index (χ1n) is 7.71. The molecule has 0 atom stereocenters. The minimum atomic E-state index is 0.0420. The molecule has 3 aromatic rings. The zero-order valence-corrected chi connectivity index (χ0v) is 12.9. The van der Waals surface area contributed by atoms with Crippen molar-refractivity contribution < 1.29 is 4.74 Å². The van der Waals surface area contributed by atoms with Crippen molar-refractivity contribution in [2.75, 3.05) is 17.7 Å². The highest BCUT2D eigenvalue weighted by molar-refractivity contribution is 6.04. The average Bonchev–Trinajstić information content (AvgIpc) is 2.60. The molecule has 0 amide bonds. The van der Waals surface area contributed by atoms with Gasteiger partial charge in [0.25, 0.3) is 0 Å². The van der Waals surface area contributed by atoms with Crippen molar-refractivity contribution in [3.63, 3.8) is 0 Å². The maximum atomic E-state index is 5.40. The second-order valence-electron chi connectivity index (χ2n) is 5.58. The topological polar surface area (TPSA) is 33.3 Å². The molecule has 0 saturated carbocycles. The second kappa shape index (κ2) is 5.69. The van der Waals surface area contributed by atoms with Crippen molar-refractivity contribution >= 4 is 28.2 Å². The van der Waals surface area contributed by atoms with Crippen LogP contribution in [0.15, 0.2) is 66.7 Å². The van der Waals surface area contributed by atoms with Crippen LogP contribution in [0.1, 0.15) is 5.56 Å². The van der Waals surface area contributed by atoms with Crippen molar-refractivity contribution in [2.45, 2.75) is 6.17 Å². The molecule has 1 aliphatic heterocycles. The fourth-order valence-electron chi connectivity index (χ4n) is 3.05. The van der Waals surface area contributed by atoms with Crippen LogP contribution in [-0.4, -0.2) is 13.3 Å². The van der Waals surface area contributed by atoms with E-state index in [1.165, 1.54) is 10.8 Å². The predicted molar refractivity (Wildman–Crippen MR) is 97.0 cm³/mol. The van der Waals surface area contributed by atoms with E-state index in [-0.39, 0.29) is 6.17 Å². The molecular weight excluding hydrogens is 284 g/mol. The molecule has 1 heterocycles. The molecule has 0 saturated heterocycles. The van der Waals surface area contributed by atoms with Gasteiger partial charge in [0.05, 0.1) is 7.11 Å². The summed E-state index contributed by atoms with van der Waals surface area (Å²) in [6.07, 6.45) is 4.24. The lowest BCUT2D eigenvalue weighted by atomic mass is 10.0. The lowest BCUT2D eigenvalue weighted by Crippen LogP contribution is -2.29. The van der Waals surface area contributed by atoms with Crippen LogP contribution < -0.4 is 15.4 Å². The van der Waals surface area contributed by atoms with Gasteiger partial charge in [-0.1, -0.05) is 48.5 Å². The van der Waals surface area contributed by atoms with Crippen LogP contribution in [0.5, 0.6) is 5.75 Å². The summed E-state index contributed by atoms with van der Waals surface area (Å²) in [4.78, 5) is 0. The monoisotopic (exact) mass is 302 g/mol. The third-order valence-electron chi connectivity index (χ3n) is 4.13. The van der Waals surface area contributed by atoms with Crippen LogP contribution >= 0.6 is 0 Å². The number of methoxy groups -OCH3 is 1. The zero-order valence-electron chi connectivity index (χ0n) is 12.9. The summed E-state index contributed by atoms with van der Waals surface area (Å²) in [7, 11) is 1.70. The Kier molecular flexibility index (Phi) is 3.39. The summed E-state index contributed by atoms with van der Waals surface area (Å²) in [5.41, 5.74) is 3.38. The summed E-state index contributed by atoms with van der Waals surface area (Å²) in [6, 6.07) is 20.7. The number of anilines is 2. The Morgan fingerprint density at radius 2 is 1.57 bits per heavy atom. The Bertz CT molecular complexity index is 845. The molecule has 0 aliphatic carbocycles. The van der Waals surface area contributed by atoms with Gasteiger partial charge in [-0.05, 0) is 29.7 Å². The molecule has 4 rings (SSSR count). The van der Waals surface area contributed by atoms with Crippen LogP contribution in [0.4, 0.5) is 11.4 Å². The number of hydrogen-bond acceptors (Lipinski definition) is 3. The van der Waals surface area contributed by atoms with E-state index in [2.05, 4.69) is 59.2 Å². The molecule has 3 heteroatoms. The Hall–Kier alpha value is -2.94. The van der Waals surface area contributed by atoms with Crippen molar-refractivity contribution in [3.8, 4) is 5.75 Å². The summed E-state index contributed by atoms with van der Waals surface area (Å²) < 4.78 is 5.40. The third-order valence-corrected chi connectivity index (χ3v) is 4.13. The number of ether oxygens (including phenoxy) is 1. The van der Waals surface area contributed by atoms with E-state index in [9.17, 15) is 0 Å². The smallest absolute Gasteiger partial charge is 0.126 e. The molecule has 0 radical (unpaired) electrons. The summed E-state index contributed by atoms with van der Waals surface area (Å²) in [5, 5.41) is 9.55. The van der Waals surface area contributed by atoms with Gasteiger partial charge in [-0.3, -0.25) is 0 Å². The summed E-state index contributed by atoms with van der Waals surface area (Å²) in [6.45, 7) is 0. The Labute approximate surface area is 135 Å². The van der Waals surface area contributed by atoms with Crippen LogP contribution in [0, 0.1) is 0 Å². The molecule has 0 fully saturated rings. The van der Waals surface area contributed by atoms with Crippen molar-refractivity contribution in [1.82, 2.24) is 0 Å². The minimum absolute atomic E-state index is 0.0420. The van der Waals surface area contributed by atoms with Gasteiger partial charge in [0.2, 0.25) is 0 Å². The number of benzene rings is 3. The van der Waals surface area contributed by atoms with Crippen LogP contribution in [-0.2, 0) is 0 Å². The van der Waals surface area contributed by atoms with E-state index in [4.69, 9.17) is 4.74 Å². The van der Waals surface area contributed by atoms with Crippen LogP contribution in [0.3, 0.4) is 0 Å². The summed E-state index contributed by atoms with van der Waals surface area (Å²) >= 11 is 0. The highest BCUT2D eigenvalue weighted by Crippen LogP contribution is 2.34. The third kappa shape index (κ3) is 2.50. The Morgan fingerprint density at radius 1 is 0.870 bits per heavy atom. The maximum Gasteiger partial charge on any atom is 0.126 e. The maximum absolute atomic E-state index is 5.40. The Balaban J connectivity index is 1.64. The molecule has 23 heavy (non-hydrogen) atoms. The largest absolute Gasteiger partial charge is 0.496 e. The molecule has 2 N–H and O–H groups in total. The number of rotatable bonds is 3. The molecule has 0 spiro atoms. The lowest BCUT2D eigenvalue weighted by Gasteiger charge is -2.27. The minimum Gasteiger partial charge on any atom is -0.496 e. The normalized spacial score (nSPS) is 13.8. The molecule has 0 unspecified atom stereocenters. The zero-order chi connectivity index (χ0) is 15.6. The second-order valence-corrected chi connectivity index (χ2v) is 5.58. The Morgan fingerprint density at radius 3 is 2.26 bits per heavy atom. The molecule has 3 nitrogen and oxygen atoms in total. The highest BCUT2D eigenvalue weighted by Gasteiger charge is 2.16. The standard InChI is InChI=1S/C20H18N2O/c1-23-18-11-3-2-6-14(18)12-13-19-21-16-9-4-7-15-8-5-10-17(22-19)20(15)16/h2-13,19,21-22H,1H3. The first-order chi connectivity index (χ1) is 11.3. The molecular formula is C20H18N2O. The first-order valence-corrected chi connectivity index (χ1v) is 7.71. The van der Waals surface area contributed by atoms with E-state index >= 15 is 0 Å². The molecule has 1 aliphatic rings. The highest BCUT2D eigenvalue weighted by atomic mass is 16.5. The predicted octanol–water partition coefficient (Wildman–Crippen LogP) is 4.73. The number of nitrogens with one attached hydrogen (secondary N) is 2. The summed E-state index contributed by atoms with van der Waals surface area (Å²) in [5.74, 6) is 0.877. The van der Waals surface area contributed by atoms with E-state index in [1.807, 2.05) is 24.3 Å². The van der Waals surface area contributed by atoms with Gasteiger partial charge in [-0.2, -0.15) is 0 Å². The van der Waals surface area contributed by atoms with E-state index < -0.39 is 0 Å². The first kappa shape index (κ1) is 13.7. The van der Waals surface area contributed by atoms with Gasteiger partial charge in [0, 0.05) is 22.3 Å². The SMILES string of the molecule is COc1ccccc1C=CC1Nc2cccc3cccc(c23)N1. The lowest BCUT2D eigenvalue weighted by molar-refractivity contribution is 0.414. The van der Waals surface area contributed by atoms with E-state index in [0.717, 1.165) is 22.7 Å². The fraction of sp³-hybridized carbons (Fsp3) is 0.100. The van der Waals surface area contributed by atoms with Crippen LogP contribution in [0.2, 0.25) is 0 Å². The van der Waals surface area contributed by atoms with Gasteiger partial charge in [-0.25, -0.2) is 0 Å². The van der Waals surface area contributed by atoms with Crippen molar-refractivity contribution in [1.29, 1.82) is 0 Å². The number of para-hydroxylation sites is 1. The molecule has 114 valence electrons. The molecule has 0 bridgehead atoms. The van der Waals surface area contributed by atoms with Gasteiger partial charge in [0.1, 0.15) is 11.9 Å². The van der Waals surface area contributed by atoms with E-state index in [1.54, 1.807) is 7.11 Å². The molecule has 3 aromatic carbocycles. The average molecular weight is 302 g/mol. The van der Waals surface area contributed by atoms with Gasteiger partial charge in [0.15, 0.2) is 0 Å². The molecule has 0 aromatic heterocycles.